The molecule has 0 saturated carbocycles. The van der Waals surface area contributed by atoms with E-state index in [0.717, 1.165) is 59.5 Å². The lowest BCUT2D eigenvalue weighted by molar-refractivity contribution is -0.106. The van der Waals surface area contributed by atoms with Gasteiger partial charge < -0.3 is 19.0 Å². The van der Waals surface area contributed by atoms with Crippen molar-refractivity contribution in [2.45, 2.75) is 50.6 Å². The first-order valence-electron chi connectivity index (χ1n) is 10.1. The van der Waals surface area contributed by atoms with E-state index in [4.69, 9.17) is 25.7 Å². The largest absolute Gasteiger partial charge is 0.495 e. The van der Waals surface area contributed by atoms with E-state index < -0.39 is 0 Å². The average molecular weight is 431 g/mol. The van der Waals surface area contributed by atoms with Crippen LogP contribution < -0.4 is 9.64 Å². The van der Waals surface area contributed by atoms with Crippen molar-refractivity contribution in [2.24, 2.45) is 0 Å². The molecule has 5 rings (SSSR count). The number of rotatable bonds is 3. The second-order valence-electron chi connectivity index (χ2n) is 7.70. The number of methoxy groups -OCH3 is 1. The monoisotopic (exact) mass is 430 g/mol. The molecule has 2 unspecified atom stereocenters. The van der Waals surface area contributed by atoms with E-state index in [9.17, 15) is 4.39 Å². The van der Waals surface area contributed by atoms with E-state index in [1.165, 1.54) is 19.1 Å². The van der Waals surface area contributed by atoms with Crippen LogP contribution in [0.3, 0.4) is 0 Å². The number of anilines is 1. The maximum atomic E-state index is 13.5. The highest BCUT2D eigenvalue weighted by molar-refractivity contribution is 6.33. The number of ether oxygens (including phenoxy) is 1. The molecule has 3 heterocycles. The van der Waals surface area contributed by atoms with Crippen LogP contribution in [-0.4, -0.2) is 30.6 Å². The molecule has 2 bridgehead atoms. The van der Waals surface area contributed by atoms with Gasteiger partial charge in [-0.1, -0.05) is 22.8 Å². The average Bonchev–Trinajstić information content (AvgIpc) is 3.25. The molecule has 2 fully saturated rings. The molecular formula is C23H24ClFN2O3. The number of fused-ring (bicyclic) bond motifs is 3. The topological polar surface area (TPSA) is 55.6 Å². The van der Waals surface area contributed by atoms with Gasteiger partial charge in [0.1, 0.15) is 17.9 Å². The van der Waals surface area contributed by atoms with Gasteiger partial charge in [0.25, 0.3) is 0 Å². The molecule has 2 aliphatic rings. The predicted octanol–water partition coefficient (Wildman–Crippen LogP) is 5.75. The number of benzene rings is 2. The number of halogens is 2. The quantitative estimate of drug-likeness (QED) is 0.495. The Bertz CT molecular complexity index is 1040. The van der Waals surface area contributed by atoms with Crippen LogP contribution in [-0.2, 0) is 4.79 Å². The highest BCUT2D eigenvalue weighted by Gasteiger charge is 2.44. The van der Waals surface area contributed by atoms with Crippen LogP contribution in [0.1, 0.15) is 44.2 Å². The highest BCUT2D eigenvalue weighted by atomic mass is 35.5. The van der Waals surface area contributed by atoms with E-state index >= 15 is 0 Å². The van der Waals surface area contributed by atoms with Crippen molar-refractivity contribution in [1.29, 1.82) is 0 Å². The zero-order valence-electron chi connectivity index (χ0n) is 17.0. The fourth-order valence-electron chi connectivity index (χ4n) is 4.90. The smallest absolute Gasteiger partial charge is 0.170 e. The molecule has 0 amide bonds. The minimum atomic E-state index is -0.300. The van der Waals surface area contributed by atoms with Crippen molar-refractivity contribution in [3.05, 3.63) is 52.9 Å². The first kappa shape index (κ1) is 20.7. The maximum absolute atomic E-state index is 13.5. The third-order valence-electron chi connectivity index (χ3n) is 6.01. The minimum Gasteiger partial charge on any atom is -0.495 e. The van der Waals surface area contributed by atoms with Gasteiger partial charge in [0.05, 0.1) is 23.5 Å². The molecule has 0 aliphatic carbocycles. The van der Waals surface area contributed by atoms with E-state index in [1.54, 1.807) is 13.2 Å². The Hall–Kier alpha value is -2.60. The second-order valence-corrected chi connectivity index (χ2v) is 8.10. The SMILES string of the molecule is CC=O.COc1cccc(Cl)c1N1C2CCC1CC(c1noc3cc(F)ccc13)C2. The van der Waals surface area contributed by atoms with Crippen molar-refractivity contribution >= 4 is 34.5 Å². The zero-order valence-corrected chi connectivity index (χ0v) is 17.7. The number of aldehydes is 1. The van der Waals surface area contributed by atoms with Gasteiger partial charge in [0.2, 0.25) is 0 Å². The Morgan fingerprint density at radius 3 is 2.60 bits per heavy atom. The molecule has 2 aromatic carbocycles. The van der Waals surface area contributed by atoms with E-state index in [1.807, 2.05) is 18.2 Å². The molecule has 0 N–H and O–H groups in total. The fourth-order valence-corrected chi connectivity index (χ4v) is 5.16. The summed E-state index contributed by atoms with van der Waals surface area (Å²) in [6.07, 6.45) is 4.95. The predicted molar refractivity (Wildman–Crippen MR) is 115 cm³/mol. The van der Waals surface area contributed by atoms with E-state index in [0.29, 0.717) is 23.6 Å². The Balaban J connectivity index is 0.000000687. The summed E-state index contributed by atoms with van der Waals surface area (Å²) in [6.45, 7) is 1.44. The molecule has 0 spiro atoms. The number of aromatic nitrogens is 1. The van der Waals surface area contributed by atoms with Crippen LogP contribution in [0.5, 0.6) is 5.75 Å². The summed E-state index contributed by atoms with van der Waals surface area (Å²) in [5.41, 5.74) is 2.47. The van der Waals surface area contributed by atoms with Gasteiger partial charge in [0.15, 0.2) is 5.58 Å². The number of hydrogen-bond donors (Lipinski definition) is 0. The number of hydrogen-bond acceptors (Lipinski definition) is 5. The molecule has 2 atom stereocenters. The van der Waals surface area contributed by atoms with Crippen molar-refractivity contribution in [1.82, 2.24) is 5.16 Å². The lowest BCUT2D eigenvalue weighted by Gasteiger charge is -2.41. The highest BCUT2D eigenvalue weighted by Crippen LogP contribution is 2.50. The van der Waals surface area contributed by atoms with Crippen LogP contribution in [0.2, 0.25) is 5.02 Å². The van der Waals surface area contributed by atoms with Crippen molar-refractivity contribution in [3.63, 3.8) is 0 Å². The first-order valence-corrected chi connectivity index (χ1v) is 10.5. The third kappa shape index (κ3) is 3.65. The Kier molecular flexibility index (Phi) is 5.95. The summed E-state index contributed by atoms with van der Waals surface area (Å²) >= 11 is 6.54. The molecule has 5 nitrogen and oxygen atoms in total. The van der Waals surface area contributed by atoms with Crippen LogP contribution in [0.25, 0.3) is 11.0 Å². The summed E-state index contributed by atoms with van der Waals surface area (Å²) < 4.78 is 24.4. The lowest BCUT2D eigenvalue weighted by Crippen LogP contribution is -2.42. The van der Waals surface area contributed by atoms with Gasteiger partial charge in [-0.3, -0.25) is 0 Å². The summed E-state index contributed by atoms with van der Waals surface area (Å²) in [5, 5.41) is 5.94. The number of piperidine rings is 1. The van der Waals surface area contributed by atoms with Crippen LogP contribution >= 0.6 is 11.6 Å². The molecule has 7 heteroatoms. The Labute approximate surface area is 179 Å². The second kappa shape index (κ2) is 8.64. The number of nitrogens with zero attached hydrogens (tertiary/aromatic N) is 2. The molecule has 2 saturated heterocycles. The van der Waals surface area contributed by atoms with Crippen molar-refractivity contribution < 1.29 is 18.4 Å². The van der Waals surface area contributed by atoms with Gasteiger partial charge in [-0.05, 0) is 56.9 Å². The Morgan fingerprint density at radius 1 is 1.23 bits per heavy atom. The van der Waals surface area contributed by atoms with Crippen molar-refractivity contribution in [2.75, 3.05) is 12.0 Å². The summed E-state index contributed by atoms with van der Waals surface area (Å²) in [4.78, 5) is 11.2. The first-order chi connectivity index (χ1) is 14.6. The van der Waals surface area contributed by atoms with Gasteiger partial charge in [-0.2, -0.15) is 0 Å². The van der Waals surface area contributed by atoms with Gasteiger partial charge in [-0.25, -0.2) is 4.39 Å². The molecule has 0 radical (unpaired) electrons. The van der Waals surface area contributed by atoms with Crippen LogP contribution in [0.4, 0.5) is 10.1 Å². The summed E-state index contributed by atoms with van der Waals surface area (Å²) in [7, 11) is 1.68. The van der Waals surface area contributed by atoms with Crippen LogP contribution in [0, 0.1) is 5.82 Å². The van der Waals surface area contributed by atoms with Gasteiger partial charge in [-0.15, -0.1) is 0 Å². The molecule has 30 heavy (non-hydrogen) atoms. The van der Waals surface area contributed by atoms with E-state index in [2.05, 4.69) is 10.1 Å². The standard InChI is InChI=1S/C21H20ClFN2O2.C2H4O/c1-26-18-4-2-3-17(22)21(18)25-14-6-7-15(25)10-12(9-14)20-16-8-5-13(23)11-19(16)27-24-20;1-2-3/h2-5,8,11-12,14-15H,6-7,9-10H2,1H3;2H,1H3. The molecule has 3 aromatic rings. The van der Waals surface area contributed by atoms with Gasteiger partial charge in [0, 0.05) is 29.5 Å². The summed E-state index contributed by atoms with van der Waals surface area (Å²) in [6, 6.07) is 11.2. The summed E-state index contributed by atoms with van der Waals surface area (Å²) in [5.74, 6) is 0.824. The van der Waals surface area contributed by atoms with Crippen molar-refractivity contribution in [3.8, 4) is 5.75 Å². The fraction of sp³-hybridized carbons (Fsp3) is 0.391. The molecule has 1 aromatic heterocycles. The van der Waals surface area contributed by atoms with E-state index in [-0.39, 0.29) is 5.82 Å². The lowest BCUT2D eigenvalue weighted by atomic mass is 9.86. The zero-order chi connectivity index (χ0) is 21.3. The normalized spacial score (nSPS) is 22.5. The third-order valence-corrected chi connectivity index (χ3v) is 6.31. The number of carbonyl (C=O) groups excluding carboxylic acids is 1. The van der Waals surface area contributed by atoms with Crippen LogP contribution in [0.15, 0.2) is 40.9 Å². The van der Waals surface area contributed by atoms with Gasteiger partial charge >= 0.3 is 0 Å². The number of para-hydroxylation sites is 1. The molecule has 2 aliphatic heterocycles. The Morgan fingerprint density at radius 2 is 1.93 bits per heavy atom. The molecular weight excluding hydrogens is 407 g/mol. The molecule has 158 valence electrons. The number of carbonyl (C=O) groups is 1. The minimum absolute atomic E-state index is 0.300. The maximum Gasteiger partial charge on any atom is 0.170 e.